The summed E-state index contributed by atoms with van der Waals surface area (Å²) in [5.41, 5.74) is -1.85. The van der Waals surface area contributed by atoms with Gasteiger partial charge in [0.25, 0.3) is 6.43 Å². The summed E-state index contributed by atoms with van der Waals surface area (Å²) in [5.74, 6) is -1.76. The van der Waals surface area contributed by atoms with Crippen molar-refractivity contribution < 1.29 is 27.8 Å². The van der Waals surface area contributed by atoms with Gasteiger partial charge in [0.1, 0.15) is 6.04 Å². The van der Waals surface area contributed by atoms with Gasteiger partial charge >= 0.3 is 11.9 Å². The Labute approximate surface area is 116 Å². The molecule has 0 spiro atoms. The lowest BCUT2D eigenvalue weighted by Gasteiger charge is -2.39. The smallest absolute Gasteiger partial charge is 0.332 e. The standard InChI is InChI=1S/C13H19F2NO4/c1-4-19-10(17)9-6-8(3)7-13(16-9,11(14)15)12(18)20-5-2/h9,11,16H,3-7H2,1-2H3. The van der Waals surface area contributed by atoms with Crippen molar-refractivity contribution in [3.8, 4) is 0 Å². The fourth-order valence-electron chi connectivity index (χ4n) is 2.17. The third-order valence-electron chi connectivity index (χ3n) is 3.04. The van der Waals surface area contributed by atoms with Crippen molar-refractivity contribution in [1.82, 2.24) is 5.32 Å². The van der Waals surface area contributed by atoms with E-state index in [4.69, 9.17) is 9.47 Å². The summed E-state index contributed by atoms with van der Waals surface area (Å²) in [5, 5.41) is 2.41. The highest BCUT2D eigenvalue weighted by Crippen LogP contribution is 2.32. The number of carbonyl (C=O) groups is 2. The number of esters is 2. The largest absolute Gasteiger partial charge is 0.465 e. The maximum absolute atomic E-state index is 13.4. The summed E-state index contributed by atoms with van der Waals surface area (Å²) in [6.07, 6.45) is -3.12. The minimum absolute atomic E-state index is 0.0223. The normalized spacial score (nSPS) is 26.4. The van der Waals surface area contributed by atoms with Gasteiger partial charge in [-0.25, -0.2) is 13.6 Å². The van der Waals surface area contributed by atoms with E-state index in [1.807, 2.05) is 0 Å². The van der Waals surface area contributed by atoms with Gasteiger partial charge in [-0.15, -0.1) is 0 Å². The Hall–Kier alpha value is -1.50. The molecule has 1 aliphatic heterocycles. The Morgan fingerprint density at radius 1 is 1.40 bits per heavy atom. The third kappa shape index (κ3) is 3.33. The van der Waals surface area contributed by atoms with E-state index in [1.165, 1.54) is 6.92 Å². The van der Waals surface area contributed by atoms with Gasteiger partial charge < -0.3 is 9.47 Å². The van der Waals surface area contributed by atoms with Crippen molar-refractivity contribution in [3.05, 3.63) is 12.2 Å². The number of piperidine rings is 1. The highest BCUT2D eigenvalue weighted by atomic mass is 19.3. The molecule has 0 bridgehead atoms. The van der Waals surface area contributed by atoms with Crippen molar-refractivity contribution >= 4 is 11.9 Å². The Balaban J connectivity index is 3.01. The lowest BCUT2D eigenvalue weighted by molar-refractivity contribution is -0.162. The van der Waals surface area contributed by atoms with Crippen LogP contribution in [-0.4, -0.2) is 43.2 Å². The van der Waals surface area contributed by atoms with Crippen molar-refractivity contribution in [3.63, 3.8) is 0 Å². The Kier molecular flexibility index (Phi) is 5.62. The topological polar surface area (TPSA) is 64.6 Å². The van der Waals surface area contributed by atoms with Gasteiger partial charge in [-0.1, -0.05) is 12.2 Å². The van der Waals surface area contributed by atoms with Gasteiger partial charge in [0.2, 0.25) is 0 Å². The maximum atomic E-state index is 13.4. The van der Waals surface area contributed by atoms with Crippen LogP contribution in [0.25, 0.3) is 0 Å². The first-order chi connectivity index (χ1) is 9.37. The lowest BCUT2D eigenvalue weighted by atomic mass is 9.83. The molecule has 2 unspecified atom stereocenters. The molecule has 0 saturated carbocycles. The molecule has 20 heavy (non-hydrogen) atoms. The summed E-state index contributed by atoms with van der Waals surface area (Å²) in [7, 11) is 0. The van der Waals surface area contributed by atoms with Crippen molar-refractivity contribution in [1.29, 1.82) is 0 Å². The van der Waals surface area contributed by atoms with Gasteiger partial charge in [-0.2, -0.15) is 0 Å². The molecule has 0 amide bonds. The highest BCUT2D eigenvalue weighted by Gasteiger charge is 2.53. The maximum Gasteiger partial charge on any atom is 0.332 e. The molecule has 1 N–H and O–H groups in total. The quantitative estimate of drug-likeness (QED) is 0.613. The van der Waals surface area contributed by atoms with E-state index >= 15 is 0 Å². The van der Waals surface area contributed by atoms with Crippen LogP contribution in [-0.2, 0) is 19.1 Å². The van der Waals surface area contributed by atoms with E-state index in [0.29, 0.717) is 5.57 Å². The fourth-order valence-corrected chi connectivity index (χ4v) is 2.17. The monoisotopic (exact) mass is 291 g/mol. The fraction of sp³-hybridized carbons (Fsp3) is 0.692. The van der Waals surface area contributed by atoms with Crippen LogP contribution in [0.15, 0.2) is 12.2 Å². The highest BCUT2D eigenvalue weighted by molar-refractivity contribution is 5.85. The number of hydrogen-bond acceptors (Lipinski definition) is 5. The summed E-state index contributed by atoms with van der Waals surface area (Å²) >= 11 is 0. The third-order valence-corrected chi connectivity index (χ3v) is 3.04. The molecule has 0 aromatic carbocycles. The molecule has 114 valence electrons. The molecule has 1 saturated heterocycles. The van der Waals surface area contributed by atoms with Gasteiger partial charge in [-0.3, -0.25) is 10.1 Å². The zero-order valence-corrected chi connectivity index (χ0v) is 11.6. The Morgan fingerprint density at radius 2 is 2.00 bits per heavy atom. The predicted molar refractivity (Wildman–Crippen MR) is 67.3 cm³/mol. The lowest BCUT2D eigenvalue weighted by Crippen LogP contribution is -2.65. The average Bonchev–Trinajstić information content (AvgIpc) is 2.38. The summed E-state index contributed by atoms with van der Waals surface area (Å²) in [4.78, 5) is 23.6. The number of ether oxygens (including phenoxy) is 2. The van der Waals surface area contributed by atoms with Crippen LogP contribution in [0.5, 0.6) is 0 Å². The SMILES string of the molecule is C=C1CC(C(=O)OCC)NC(C(=O)OCC)(C(F)F)C1. The first kappa shape index (κ1) is 16.6. The molecule has 0 aromatic heterocycles. The number of alkyl halides is 2. The van der Waals surface area contributed by atoms with Crippen molar-refractivity contribution in [2.75, 3.05) is 13.2 Å². The Bertz CT molecular complexity index is 400. The van der Waals surface area contributed by atoms with E-state index in [1.54, 1.807) is 6.92 Å². The van der Waals surface area contributed by atoms with E-state index in [9.17, 15) is 18.4 Å². The minimum Gasteiger partial charge on any atom is -0.465 e. The van der Waals surface area contributed by atoms with Gasteiger partial charge in [0.15, 0.2) is 5.54 Å². The number of nitrogens with one attached hydrogen (secondary N) is 1. The van der Waals surface area contributed by atoms with Gasteiger partial charge in [-0.05, 0) is 20.3 Å². The summed E-state index contributed by atoms with van der Waals surface area (Å²) in [6, 6.07) is -1.02. The predicted octanol–water partition coefficient (Wildman–Crippen LogP) is 1.42. The Morgan fingerprint density at radius 3 is 2.50 bits per heavy atom. The molecule has 0 aliphatic carbocycles. The first-order valence-corrected chi connectivity index (χ1v) is 6.43. The molecule has 1 heterocycles. The van der Waals surface area contributed by atoms with Crippen LogP contribution in [0.4, 0.5) is 8.78 Å². The average molecular weight is 291 g/mol. The van der Waals surface area contributed by atoms with Crippen LogP contribution in [0.3, 0.4) is 0 Å². The van der Waals surface area contributed by atoms with E-state index in [-0.39, 0.29) is 26.1 Å². The van der Waals surface area contributed by atoms with Gasteiger partial charge in [0.05, 0.1) is 13.2 Å². The van der Waals surface area contributed by atoms with Crippen LogP contribution < -0.4 is 5.32 Å². The molecule has 1 aliphatic rings. The number of halogens is 2. The van der Waals surface area contributed by atoms with E-state index in [2.05, 4.69) is 11.9 Å². The van der Waals surface area contributed by atoms with Gasteiger partial charge in [0, 0.05) is 6.42 Å². The summed E-state index contributed by atoms with van der Waals surface area (Å²) < 4.78 is 36.3. The zero-order chi connectivity index (χ0) is 15.3. The second-order valence-electron chi connectivity index (χ2n) is 4.57. The molecular formula is C13H19F2NO4. The second kappa shape index (κ2) is 6.78. The molecule has 1 rings (SSSR count). The van der Waals surface area contributed by atoms with Crippen LogP contribution in [0.1, 0.15) is 26.7 Å². The van der Waals surface area contributed by atoms with Crippen LogP contribution in [0, 0.1) is 0 Å². The molecule has 5 nitrogen and oxygen atoms in total. The number of hydrogen-bond donors (Lipinski definition) is 1. The molecule has 0 radical (unpaired) electrons. The molecule has 7 heteroatoms. The zero-order valence-electron chi connectivity index (χ0n) is 11.6. The van der Waals surface area contributed by atoms with E-state index in [0.717, 1.165) is 0 Å². The number of carbonyl (C=O) groups excluding carboxylic acids is 2. The molecule has 1 fully saturated rings. The minimum atomic E-state index is -3.02. The van der Waals surface area contributed by atoms with Crippen LogP contribution in [0.2, 0.25) is 0 Å². The van der Waals surface area contributed by atoms with Crippen molar-refractivity contribution in [2.45, 2.75) is 44.7 Å². The molecule has 2 atom stereocenters. The van der Waals surface area contributed by atoms with Crippen LogP contribution >= 0.6 is 0 Å². The first-order valence-electron chi connectivity index (χ1n) is 6.43. The van der Waals surface area contributed by atoms with E-state index < -0.39 is 29.9 Å². The van der Waals surface area contributed by atoms with Crippen molar-refractivity contribution in [2.24, 2.45) is 0 Å². The summed E-state index contributed by atoms with van der Waals surface area (Å²) in [6.45, 7) is 6.88. The number of rotatable bonds is 5. The second-order valence-corrected chi connectivity index (χ2v) is 4.57. The molecule has 0 aromatic rings. The molecular weight excluding hydrogens is 272 g/mol.